The van der Waals surface area contributed by atoms with Crippen molar-refractivity contribution in [2.45, 2.75) is 30.8 Å². The molecule has 0 aliphatic carbocycles. The van der Waals surface area contributed by atoms with Gasteiger partial charge in [0.1, 0.15) is 11.5 Å². The van der Waals surface area contributed by atoms with Gasteiger partial charge in [-0.25, -0.2) is 0 Å². The number of rotatable bonds is 3. The first-order valence-electron chi connectivity index (χ1n) is 6.48. The lowest BCUT2D eigenvalue weighted by Gasteiger charge is -2.28. The standard InChI is InChI=1S/C12H9F6NO5S/c13-11(14,15)10(20)19-9-5-4-6-7(23-9)2-1-3-8(6)24-25(21,22)12(16,17)18/h1-3,9H,4-5H2,(H,19,20). The average Bonchev–Trinajstić information content (AvgIpc) is 2.44. The number of nitrogens with one attached hydrogen (secondary N) is 1. The van der Waals surface area contributed by atoms with Crippen molar-refractivity contribution in [2.24, 2.45) is 0 Å². The summed E-state index contributed by atoms with van der Waals surface area (Å²) in [5.41, 5.74) is -5.72. The number of hydrogen-bond donors (Lipinski definition) is 1. The van der Waals surface area contributed by atoms with E-state index in [-0.39, 0.29) is 24.2 Å². The van der Waals surface area contributed by atoms with E-state index in [0.717, 1.165) is 12.1 Å². The van der Waals surface area contributed by atoms with Gasteiger partial charge in [0.25, 0.3) is 0 Å². The molecule has 0 saturated carbocycles. The second-order valence-corrected chi connectivity index (χ2v) is 6.37. The number of carbonyl (C=O) groups is 1. The van der Waals surface area contributed by atoms with Gasteiger partial charge < -0.3 is 14.2 Å². The minimum atomic E-state index is -5.91. The molecule has 140 valence electrons. The highest BCUT2D eigenvalue weighted by molar-refractivity contribution is 7.88. The van der Waals surface area contributed by atoms with Gasteiger partial charge in [-0.05, 0) is 18.6 Å². The number of fused-ring (bicyclic) bond motifs is 1. The van der Waals surface area contributed by atoms with E-state index < -0.39 is 39.7 Å². The smallest absolute Gasteiger partial charge is 0.470 e. The molecule has 6 nitrogen and oxygen atoms in total. The average molecular weight is 393 g/mol. The van der Waals surface area contributed by atoms with Crippen LogP contribution in [0.1, 0.15) is 12.0 Å². The molecular weight excluding hydrogens is 384 g/mol. The van der Waals surface area contributed by atoms with Crippen LogP contribution >= 0.6 is 0 Å². The topological polar surface area (TPSA) is 81.7 Å². The molecule has 2 rings (SSSR count). The highest BCUT2D eigenvalue weighted by atomic mass is 32.2. The lowest BCUT2D eigenvalue weighted by molar-refractivity contribution is -0.176. The maximum Gasteiger partial charge on any atom is 0.534 e. The van der Waals surface area contributed by atoms with E-state index in [1.807, 2.05) is 0 Å². The summed E-state index contributed by atoms with van der Waals surface area (Å²) in [7, 11) is -5.91. The van der Waals surface area contributed by atoms with Gasteiger partial charge in [0.15, 0.2) is 6.23 Å². The van der Waals surface area contributed by atoms with Crippen molar-refractivity contribution in [1.82, 2.24) is 5.32 Å². The minimum Gasteiger partial charge on any atom is -0.470 e. The Balaban J connectivity index is 2.20. The summed E-state index contributed by atoms with van der Waals surface area (Å²) in [5, 5.41) is 1.57. The molecule has 25 heavy (non-hydrogen) atoms. The number of hydrogen-bond acceptors (Lipinski definition) is 5. The number of benzene rings is 1. The van der Waals surface area contributed by atoms with Crippen LogP contribution in [-0.2, 0) is 21.3 Å². The van der Waals surface area contributed by atoms with E-state index in [4.69, 9.17) is 4.74 Å². The molecule has 1 aromatic carbocycles. The van der Waals surface area contributed by atoms with Gasteiger partial charge in [-0.2, -0.15) is 34.8 Å². The quantitative estimate of drug-likeness (QED) is 0.484. The van der Waals surface area contributed by atoms with Gasteiger partial charge in [0, 0.05) is 12.0 Å². The molecule has 1 amide bonds. The van der Waals surface area contributed by atoms with E-state index in [1.54, 1.807) is 5.32 Å². The van der Waals surface area contributed by atoms with Crippen molar-refractivity contribution in [3.05, 3.63) is 23.8 Å². The fourth-order valence-electron chi connectivity index (χ4n) is 1.96. The van der Waals surface area contributed by atoms with Crippen LogP contribution in [-0.4, -0.2) is 32.2 Å². The summed E-state index contributed by atoms with van der Waals surface area (Å²) in [6.45, 7) is 0. The molecule has 0 saturated heterocycles. The molecule has 1 aromatic rings. The first-order valence-corrected chi connectivity index (χ1v) is 7.89. The summed E-state index contributed by atoms with van der Waals surface area (Å²) in [6.07, 6.45) is -6.92. The zero-order valence-corrected chi connectivity index (χ0v) is 12.8. The molecule has 1 N–H and O–H groups in total. The Kier molecular flexibility index (Phi) is 4.81. The maximum atomic E-state index is 12.4. The number of carbonyl (C=O) groups excluding carboxylic acids is 1. The van der Waals surface area contributed by atoms with Crippen molar-refractivity contribution < 1.29 is 48.5 Å². The Morgan fingerprint density at radius 2 is 1.84 bits per heavy atom. The molecule has 0 fully saturated rings. The third-order valence-corrected chi connectivity index (χ3v) is 4.01. The van der Waals surface area contributed by atoms with Gasteiger partial charge >= 0.3 is 27.7 Å². The Hall–Kier alpha value is -2.18. The zero-order valence-electron chi connectivity index (χ0n) is 11.9. The summed E-state index contributed by atoms with van der Waals surface area (Å²) in [5.74, 6) is -3.10. The maximum absolute atomic E-state index is 12.4. The second-order valence-electron chi connectivity index (χ2n) is 4.83. The Morgan fingerprint density at radius 3 is 2.40 bits per heavy atom. The largest absolute Gasteiger partial charge is 0.534 e. The van der Waals surface area contributed by atoms with Gasteiger partial charge in [-0.3, -0.25) is 4.79 Å². The van der Waals surface area contributed by atoms with Crippen LogP contribution in [0.15, 0.2) is 18.2 Å². The van der Waals surface area contributed by atoms with Crippen molar-refractivity contribution in [1.29, 1.82) is 0 Å². The third-order valence-electron chi connectivity index (χ3n) is 3.05. The van der Waals surface area contributed by atoms with Crippen LogP contribution in [0.25, 0.3) is 0 Å². The summed E-state index contributed by atoms with van der Waals surface area (Å²) in [4.78, 5) is 10.9. The Morgan fingerprint density at radius 1 is 1.20 bits per heavy atom. The molecule has 1 atom stereocenters. The first kappa shape index (κ1) is 19.1. The fraction of sp³-hybridized carbons (Fsp3) is 0.417. The second kappa shape index (κ2) is 6.28. The molecule has 1 aliphatic heterocycles. The van der Waals surface area contributed by atoms with Crippen molar-refractivity contribution >= 4 is 16.0 Å². The monoisotopic (exact) mass is 393 g/mol. The molecule has 0 radical (unpaired) electrons. The number of halogens is 6. The minimum absolute atomic E-state index is 0.0761. The first-order chi connectivity index (χ1) is 11.3. The SMILES string of the molecule is O=C(NC1CCc2c(cccc2OS(=O)(=O)C(F)(F)F)O1)C(F)(F)F. The van der Waals surface area contributed by atoms with Crippen molar-refractivity contribution in [2.75, 3.05) is 0 Å². The lowest BCUT2D eigenvalue weighted by Crippen LogP contribution is -2.47. The van der Waals surface area contributed by atoms with E-state index >= 15 is 0 Å². The van der Waals surface area contributed by atoms with Gasteiger partial charge in [-0.15, -0.1) is 0 Å². The molecule has 0 spiro atoms. The van der Waals surface area contributed by atoms with Gasteiger partial charge in [0.05, 0.1) is 0 Å². The Bertz CT molecular complexity index is 773. The molecule has 0 aromatic heterocycles. The number of alkyl halides is 6. The van der Waals surface area contributed by atoms with Crippen LogP contribution in [0.4, 0.5) is 26.3 Å². The predicted octanol–water partition coefficient (Wildman–Crippen LogP) is 2.24. The van der Waals surface area contributed by atoms with Crippen LogP contribution in [0, 0.1) is 0 Å². The lowest BCUT2D eigenvalue weighted by atomic mass is 10.0. The molecule has 1 unspecified atom stereocenters. The summed E-state index contributed by atoms with van der Waals surface area (Å²) in [6, 6.07) is 3.22. The van der Waals surface area contributed by atoms with Gasteiger partial charge in [0.2, 0.25) is 0 Å². The van der Waals surface area contributed by atoms with Crippen LogP contribution in [0.5, 0.6) is 11.5 Å². The molecule has 1 aliphatic rings. The summed E-state index contributed by atoms with van der Waals surface area (Å²) < 4.78 is 105. The molecule has 0 bridgehead atoms. The molecule has 1 heterocycles. The van der Waals surface area contributed by atoms with Crippen molar-refractivity contribution in [3.63, 3.8) is 0 Å². The third kappa shape index (κ3) is 4.27. The number of amides is 1. The Labute approximate surface area is 136 Å². The number of ether oxygens (including phenoxy) is 1. The molecular formula is C12H9F6NO5S. The summed E-state index contributed by atoms with van der Waals surface area (Å²) >= 11 is 0. The fourth-order valence-corrected chi connectivity index (χ4v) is 2.45. The van der Waals surface area contributed by atoms with Crippen LogP contribution in [0.3, 0.4) is 0 Å². The van der Waals surface area contributed by atoms with E-state index in [1.165, 1.54) is 6.07 Å². The molecule has 13 heteroatoms. The zero-order chi connectivity index (χ0) is 19.0. The van der Waals surface area contributed by atoms with Crippen molar-refractivity contribution in [3.8, 4) is 11.5 Å². The van der Waals surface area contributed by atoms with Crippen LogP contribution < -0.4 is 14.2 Å². The highest BCUT2D eigenvalue weighted by Gasteiger charge is 2.49. The van der Waals surface area contributed by atoms with E-state index in [9.17, 15) is 39.6 Å². The van der Waals surface area contributed by atoms with Gasteiger partial charge in [-0.1, -0.05) is 6.07 Å². The normalized spacial score (nSPS) is 18.1. The highest BCUT2D eigenvalue weighted by Crippen LogP contribution is 2.37. The van der Waals surface area contributed by atoms with Crippen LogP contribution in [0.2, 0.25) is 0 Å². The van der Waals surface area contributed by atoms with E-state index in [0.29, 0.717) is 0 Å². The predicted molar refractivity (Wildman–Crippen MR) is 69.0 cm³/mol. The van der Waals surface area contributed by atoms with E-state index in [2.05, 4.69) is 4.18 Å².